The number of nitrogens with zero attached hydrogens (tertiary/aromatic N) is 2. The van der Waals surface area contributed by atoms with E-state index in [1.165, 1.54) is 31.3 Å². The van der Waals surface area contributed by atoms with Gasteiger partial charge in [-0.1, -0.05) is 28.1 Å². The first kappa shape index (κ1) is 27.5. The molecule has 2 amide bonds. The van der Waals surface area contributed by atoms with Gasteiger partial charge in [0.05, 0.1) is 26.2 Å². The average molecular weight is 556 g/mol. The molecular weight excluding hydrogens is 526 g/mol. The second kappa shape index (κ2) is 12.1. The molecule has 0 fully saturated rings. The van der Waals surface area contributed by atoms with Crippen LogP contribution in [0.4, 0.5) is 5.69 Å². The SMILES string of the molecule is CCNC(=O)C(C)N(Cc1cccc(Br)c1)C(=O)CN(c1ccc(OC)c(OC)c1)S(C)(=O)=O. The number of carbonyl (C=O) groups excluding carboxylic acids is 2. The number of halogens is 1. The van der Waals surface area contributed by atoms with E-state index in [-0.39, 0.29) is 18.1 Å². The maximum absolute atomic E-state index is 13.5. The predicted octanol–water partition coefficient (Wildman–Crippen LogP) is 2.79. The van der Waals surface area contributed by atoms with Crippen molar-refractivity contribution in [3.8, 4) is 11.5 Å². The van der Waals surface area contributed by atoms with Gasteiger partial charge < -0.3 is 19.7 Å². The number of amides is 2. The van der Waals surface area contributed by atoms with E-state index in [0.717, 1.165) is 20.6 Å². The van der Waals surface area contributed by atoms with E-state index in [1.807, 2.05) is 24.3 Å². The maximum Gasteiger partial charge on any atom is 0.244 e. The van der Waals surface area contributed by atoms with Crippen molar-refractivity contribution in [1.29, 1.82) is 0 Å². The molecule has 0 aliphatic carbocycles. The van der Waals surface area contributed by atoms with Gasteiger partial charge in [-0.3, -0.25) is 13.9 Å². The van der Waals surface area contributed by atoms with E-state index < -0.39 is 28.5 Å². The number of hydrogen-bond donors (Lipinski definition) is 1. The molecule has 2 rings (SSSR count). The van der Waals surface area contributed by atoms with Gasteiger partial charge in [0.15, 0.2) is 11.5 Å². The summed E-state index contributed by atoms with van der Waals surface area (Å²) in [6.07, 6.45) is 1.02. The third-order valence-electron chi connectivity index (χ3n) is 5.09. The van der Waals surface area contributed by atoms with Crippen LogP contribution >= 0.6 is 15.9 Å². The number of carbonyl (C=O) groups is 2. The summed E-state index contributed by atoms with van der Waals surface area (Å²) in [6.45, 7) is 3.44. The Balaban J connectivity index is 2.43. The monoisotopic (exact) mass is 555 g/mol. The van der Waals surface area contributed by atoms with Gasteiger partial charge in [0.1, 0.15) is 12.6 Å². The smallest absolute Gasteiger partial charge is 0.244 e. The highest BCUT2D eigenvalue weighted by Gasteiger charge is 2.30. The van der Waals surface area contributed by atoms with Crippen LogP contribution in [0.1, 0.15) is 19.4 Å². The normalized spacial score (nSPS) is 11.9. The van der Waals surface area contributed by atoms with Gasteiger partial charge >= 0.3 is 0 Å². The summed E-state index contributed by atoms with van der Waals surface area (Å²) >= 11 is 3.41. The van der Waals surface area contributed by atoms with E-state index in [1.54, 1.807) is 19.9 Å². The summed E-state index contributed by atoms with van der Waals surface area (Å²) < 4.78 is 37.6. The van der Waals surface area contributed by atoms with E-state index >= 15 is 0 Å². The molecule has 0 bridgehead atoms. The van der Waals surface area contributed by atoms with Crippen LogP contribution in [0.15, 0.2) is 46.9 Å². The van der Waals surface area contributed by atoms with Gasteiger partial charge in [-0.25, -0.2) is 8.42 Å². The first-order valence-corrected chi connectivity index (χ1v) is 13.2. The summed E-state index contributed by atoms with van der Waals surface area (Å²) in [6, 6.07) is 11.1. The van der Waals surface area contributed by atoms with Crippen molar-refractivity contribution in [2.24, 2.45) is 0 Å². The number of anilines is 1. The number of nitrogens with one attached hydrogen (secondary N) is 1. The number of benzene rings is 2. The predicted molar refractivity (Wildman–Crippen MR) is 135 cm³/mol. The number of likely N-dealkylation sites (N-methyl/N-ethyl adjacent to an activating group) is 1. The third kappa shape index (κ3) is 7.10. The van der Waals surface area contributed by atoms with Gasteiger partial charge in [0, 0.05) is 23.6 Å². The van der Waals surface area contributed by atoms with Gasteiger partial charge in [-0.2, -0.15) is 0 Å². The van der Waals surface area contributed by atoms with Crippen LogP contribution in [0, 0.1) is 0 Å². The second-order valence-corrected chi connectivity index (χ2v) is 10.4. The molecule has 186 valence electrons. The number of sulfonamides is 1. The third-order valence-corrected chi connectivity index (χ3v) is 6.73. The minimum Gasteiger partial charge on any atom is -0.493 e. The number of hydrogen-bond acceptors (Lipinski definition) is 6. The summed E-state index contributed by atoms with van der Waals surface area (Å²) in [5, 5.41) is 2.72. The molecule has 1 atom stereocenters. The molecule has 2 aromatic carbocycles. The van der Waals surface area contributed by atoms with Crippen molar-refractivity contribution >= 4 is 43.5 Å². The minimum absolute atomic E-state index is 0.125. The Labute approximate surface area is 209 Å². The molecule has 0 radical (unpaired) electrons. The molecule has 2 aromatic rings. The van der Waals surface area contributed by atoms with Crippen LogP contribution in [0.3, 0.4) is 0 Å². The van der Waals surface area contributed by atoms with Crippen molar-refractivity contribution in [2.75, 3.05) is 37.9 Å². The van der Waals surface area contributed by atoms with Crippen molar-refractivity contribution in [1.82, 2.24) is 10.2 Å². The molecule has 0 heterocycles. The molecule has 34 heavy (non-hydrogen) atoms. The zero-order valence-electron chi connectivity index (χ0n) is 19.9. The molecule has 9 nitrogen and oxygen atoms in total. The quantitative estimate of drug-likeness (QED) is 0.457. The lowest BCUT2D eigenvalue weighted by molar-refractivity contribution is -0.139. The molecule has 0 spiro atoms. The molecule has 0 aliphatic heterocycles. The van der Waals surface area contributed by atoms with Gasteiger partial charge in [-0.05, 0) is 43.7 Å². The molecule has 1 unspecified atom stereocenters. The Morgan fingerprint density at radius 1 is 1.09 bits per heavy atom. The number of methoxy groups -OCH3 is 2. The van der Waals surface area contributed by atoms with Crippen molar-refractivity contribution < 1.29 is 27.5 Å². The lowest BCUT2D eigenvalue weighted by Gasteiger charge is -2.31. The molecule has 11 heteroatoms. The zero-order chi connectivity index (χ0) is 25.5. The number of ether oxygens (including phenoxy) is 2. The topological polar surface area (TPSA) is 105 Å². The first-order chi connectivity index (χ1) is 16.0. The Morgan fingerprint density at radius 3 is 2.32 bits per heavy atom. The summed E-state index contributed by atoms with van der Waals surface area (Å²) in [7, 11) is -0.939. The van der Waals surface area contributed by atoms with Crippen LogP contribution in [0.25, 0.3) is 0 Å². The largest absolute Gasteiger partial charge is 0.493 e. The van der Waals surface area contributed by atoms with Crippen LogP contribution in [-0.2, 0) is 26.2 Å². The van der Waals surface area contributed by atoms with Crippen LogP contribution in [0.2, 0.25) is 0 Å². The van der Waals surface area contributed by atoms with Crippen LogP contribution in [-0.4, -0.2) is 64.7 Å². The summed E-state index contributed by atoms with van der Waals surface area (Å²) in [5.41, 5.74) is 1.03. The van der Waals surface area contributed by atoms with E-state index in [9.17, 15) is 18.0 Å². The summed E-state index contributed by atoms with van der Waals surface area (Å²) in [4.78, 5) is 27.4. The average Bonchev–Trinajstić information content (AvgIpc) is 2.79. The molecule has 0 aromatic heterocycles. The number of rotatable bonds is 11. The highest BCUT2D eigenvalue weighted by Crippen LogP contribution is 2.32. The Kier molecular flexibility index (Phi) is 9.75. The zero-order valence-corrected chi connectivity index (χ0v) is 22.3. The van der Waals surface area contributed by atoms with E-state index in [2.05, 4.69) is 21.2 Å². The van der Waals surface area contributed by atoms with Crippen molar-refractivity contribution in [3.63, 3.8) is 0 Å². The second-order valence-electron chi connectivity index (χ2n) is 7.53. The van der Waals surface area contributed by atoms with Crippen LogP contribution in [0.5, 0.6) is 11.5 Å². The highest BCUT2D eigenvalue weighted by molar-refractivity contribution is 9.10. The van der Waals surface area contributed by atoms with Crippen molar-refractivity contribution in [2.45, 2.75) is 26.4 Å². The van der Waals surface area contributed by atoms with Crippen molar-refractivity contribution in [3.05, 3.63) is 52.5 Å². The lowest BCUT2D eigenvalue weighted by Crippen LogP contribution is -2.51. The van der Waals surface area contributed by atoms with E-state index in [0.29, 0.717) is 18.0 Å². The Bertz CT molecular complexity index is 1130. The fourth-order valence-corrected chi connectivity index (χ4v) is 4.62. The standard InChI is InChI=1S/C23H30BrN3O6S/c1-6-25-23(29)16(2)26(14-17-8-7-9-18(24)12-17)22(28)15-27(34(5,30)31)19-10-11-20(32-3)21(13-19)33-4/h7-13,16H,6,14-15H2,1-5H3,(H,25,29). The minimum atomic E-state index is -3.85. The van der Waals surface area contributed by atoms with E-state index in [4.69, 9.17) is 9.47 Å². The molecular formula is C23H30BrN3O6S. The molecule has 0 saturated carbocycles. The molecule has 0 aliphatic rings. The van der Waals surface area contributed by atoms with Crippen LogP contribution < -0.4 is 19.1 Å². The van der Waals surface area contributed by atoms with Gasteiger partial charge in [0.25, 0.3) is 0 Å². The maximum atomic E-state index is 13.5. The molecule has 1 N–H and O–H groups in total. The molecule has 0 saturated heterocycles. The summed E-state index contributed by atoms with van der Waals surface area (Å²) in [5.74, 6) is -0.114. The fraction of sp³-hybridized carbons (Fsp3) is 0.391. The van der Waals surface area contributed by atoms with Gasteiger partial charge in [0.2, 0.25) is 21.8 Å². The first-order valence-electron chi connectivity index (χ1n) is 10.5. The Hall–Kier alpha value is -2.79. The van der Waals surface area contributed by atoms with Gasteiger partial charge in [-0.15, -0.1) is 0 Å². The lowest BCUT2D eigenvalue weighted by atomic mass is 10.1. The fourth-order valence-electron chi connectivity index (χ4n) is 3.33. The highest BCUT2D eigenvalue weighted by atomic mass is 79.9. The Morgan fingerprint density at radius 2 is 1.76 bits per heavy atom.